The Morgan fingerprint density at radius 3 is 2.80 bits per heavy atom. The van der Waals surface area contributed by atoms with Crippen LogP contribution in [0.15, 0.2) is 24.3 Å². The van der Waals surface area contributed by atoms with Crippen molar-refractivity contribution in [2.75, 3.05) is 5.73 Å². The summed E-state index contributed by atoms with van der Waals surface area (Å²) in [7, 11) is 0. The summed E-state index contributed by atoms with van der Waals surface area (Å²) in [5.74, 6) is -0.141. The van der Waals surface area contributed by atoms with Crippen LogP contribution in [0, 0.1) is 12.7 Å². The number of anilines is 1. The summed E-state index contributed by atoms with van der Waals surface area (Å²) >= 11 is 5.68. The lowest BCUT2D eigenvalue weighted by atomic mass is 10.3. The number of hydrogen-bond acceptors (Lipinski definition) is 2. The van der Waals surface area contributed by atoms with Gasteiger partial charge in [-0.1, -0.05) is 17.7 Å². The first kappa shape index (κ1) is 9.98. The first-order chi connectivity index (χ1) is 7.09. The van der Waals surface area contributed by atoms with Crippen molar-refractivity contribution in [1.29, 1.82) is 0 Å². The first-order valence-electron chi connectivity index (χ1n) is 4.36. The minimum atomic E-state index is -0.495. The van der Waals surface area contributed by atoms with Crippen LogP contribution in [0.4, 0.5) is 10.2 Å². The van der Waals surface area contributed by atoms with Gasteiger partial charge in [-0.05, 0) is 19.1 Å². The Bertz CT molecular complexity index is 507. The van der Waals surface area contributed by atoms with E-state index in [-0.39, 0.29) is 5.02 Å². The number of nitrogens with zero attached hydrogens (tertiary/aromatic N) is 2. The zero-order valence-electron chi connectivity index (χ0n) is 8.04. The Labute approximate surface area is 91.3 Å². The maximum absolute atomic E-state index is 13.6. The van der Waals surface area contributed by atoms with Gasteiger partial charge in [0.05, 0.1) is 5.02 Å². The third-order valence-electron chi connectivity index (χ3n) is 2.07. The molecule has 0 unspecified atom stereocenters. The summed E-state index contributed by atoms with van der Waals surface area (Å²) in [5.41, 5.74) is 6.58. The Balaban J connectivity index is 2.64. The molecule has 0 radical (unpaired) electrons. The van der Waals surface area contributed by atoms with E-state index < -0.39 is 5.82 Å². The summed E-state index contributed by atoms with van der Waals surface area (Å²) in [6.45, 7) is 1.80. The molecule has 0 saturated heterocycles. The maximum Gasteiger partial charge on any atom is 0.167 e. The van der Waals surface area contributed by atoms with Gasteiger partial charge in [0.2, 0.25) is 0 Å². The van der Waals surface area contributed by atoms with Crippen LogP contribution in [0.3, 0.4) is 0 Å². The molecule has 5 heteroatoms. The van der Waals surface area contributed by atoms with Crippen LogP contribution in [0.5, 0.6) is 0 Å². The normalized spacial score (nSPS) is 10.6. The van der Waals surface area contributed by atoms with Crippen LogP contribution >= 0.6 is 11.6 Å². The van der Waals surface area contributed by atoms with E-state index in [9.17, 15) is 4.39 Å². The molecule has 3 nitrogen and oxygen atoms in total. The second kappa shape index (κ2) is 3.55. The van der Waals surface area contributed by atoms with Gasteiger partial charge < -0.3 is 5.73 Å². The summed E-state index contributed by atoms with van der Waals surface area (Å²) in [5, 5.41) is 4.05. The second-order valence-electron chi connectivity index (χ2n) is 3.20. The SMILES string of the molecule is Cc1cc(N)nn1-c1cccc(Cl)c1F. The average molecular weight is 226 g/mol. The van der Waals surface area contributed by atoms with E-state index in [1.165, 1.54) is 10.7 Å². The van der Waals surface area contributed by atoms with Crippen LogP contribution in [0.2, 0.25) is 5.02 Å². The Morgan fingerprint density at radius 2 is 2.20 bits per heavy atom. The molecule has 0 spiro atoms. The molecule has 0 aliphatic rings. The highest BCUT2D eigenvalue weighted by atomic mass is 35.5. The predicted molar refractivity (Wildman–Crippen MR) is 57.7 cm³/mol. The van der Waals surface area contributed by atoms with Gasteiger partial charge in [0.25, 0.3) is 0 Å². The molecule has 0 aliphatic carbocycles. The topological polar surface area (TPSA) is 43.8 Å². The van der Waals surface area contributed by atoms with Gasteiger partial charge in [-0.25, -0.2) is 9.07 Å². The van der Waals surface area contributed by atoms with Crippen LogP contribution < -0.4 is 5.73 Å². The van der Waals surface area contributed by atoms with Gasteiger partial charge in [-0.15, -0.1) is 0 Å². The van der Waals surface area contributed by atoms with E-state index in [4.69, 9.17) is 17.3 Å². The van der Waals surface area contributed by atoms with E-state index in [2.05, 4.69) is 5.10 Å². The number of nitrogen functional groups attached to an aromatic ring is 1. The second-order valence-corrected chi connectivity index (χ2v) is 3.60. The Morgan fingerprint density at radius 1 is 1.47 bits per heavy atom. The highest BCUT2D eigenvalue weighted by Crippen LogP contribution is 2.22. The molecule has 0 aliphatic heterocycles. The summed E-state index contributed by atoms with van der Waals surface area (Å²) in [4.78, 5) is 0. The van der Waals surface area contributed by atoms with Crippen molar-refractivity contribution in [2.24, 2.45) is 0 Å². The van der Waals surface area contributed by atoms with Gasteiger partial charge in [0.1, 0.15) is 11.5 Å². The lowest BCUT2D eigenvalue weighted by Crippen LogP contribution is -2.02. The van der Waals surface area contributed by atoms with Crippen molar-refractivity contribution >= 4 is 17.4 Å². The summed E-state index contributed by atoms with van der Waals surface area (Å²) in [6, 6.07) is 6.42. The number of hydrogen-bond donors (Lipinski definition) is 1. The minimum absolute atomic E-state index is 0.0703. The molecule has 2 N–H and O–H groups in total. The van der Waals surface area contributed by atoms with Gasteiger partial charge in [0, 0.05) is 11.8 Å². The van der Waals surface area contributed by atoms with E-state index in [1.807, 2.05) is 0 Å². The summed E-state index contributed by atoms with van der Waals surface area (Å²) in [6.07, 6.45) is 0. The molecular weight excluding hydrogens is 217 g/mol. The first-order valence-corrected chi connectivity index (χ1v) is 4.74. The van der Waals surface area contributed by atoms with Gasteiger partial charge in [-0.2, -0.15) is 5.10 Å². The Kier molecular flexibility index (Phi) is 2.36. The number of aryl methyl sites for hydroxylation is 1. The fourth-order valence-corrected chi connectivity index (χ4v) is 1.57. The average Bonchev–Trinajstić information content (AvgIpc) is 2.50. The number of nitrogens with two attached hydrogens (primary N) is 1. The molecule has 15 heavy (non-hydrogen) atoms. The van der Waals surface area contributed by atoms with Crippen molar-refractivity contribution in [3.05, 3.63) is 40.8 Å². The fraction of sp³-hybridized carbons (Fsp3) is 0.100. The number of halogens is 2. The number of rotatable bonds is 1. The van der Waals surface area contributed by atoms with Crippen molar-refractivity contribution < 1.29 is 4.39 Å². The molecule has 0 atom stereocenters. The third-order valence-corrected chi connectivity index (χ3v) is 2.36. The summed E-state index contributed by atoms with van der Waals surface area (Å²) < 4.78 is 15.1. The molecule has 1 heterocycles. The number of benzene rings is 1. The monoisotopic (exact) mass is 225 g/mol. The zero-order chi connectivity index (χ0) is 11.0. The molecule has 1 aromatic carbocycles. The lowest BCUT2D eigenvalue weighted by Gasteiger charge is -2.06. The van der Waals surface area contributed by atoms with Crippen LogP contribution in [-0.4, -0.2) is 9.78 Å². The zero-order valence-corrected chi connectivity index (χ0v) is 8.79. The highest BCUT2D eigenvalue weighted by molar-refractivity contribution is 6.30. The molecule has 2 rings (SSSR count). The quantitative estimate of drug-likeness (QED) is 0.811. The largest absolute Gasteiger partial charge is 0.382 e. The molecule has 0 bridgehead atoms. The molecular formula is C10H9ClFN3. The van der Waals surface area contributed by atoms with Crippen LogP contribution in [0.25, 0.3) is 5.69 Å². The van der Waals surface area contributed by atoms with E-state index in [0.717, 1.165) is 5.69 Å². The molecule has 78 valence electrons. The van der Waals surface area contributed by atoms with Crippen LogP contribution in [0.1, 0.15) is 5.69 Å². The third kappa shape index (κ3) is 1.68. The Hall–Kier alpha value is -1.55. The van der Waals surface area contributed by atoms with Crippen molar-refractivity contribution in [3.8, 4) is 5.69 Å². The smallest absolute Gasteiger partial charge is 0.167 e. The van der Waals surface area contributed by atoms with Gasteiger partial charge in [0.15, 0.2) is 5.82 Å². The van der Waals surface area contributed by atoms with Crippen LogP contribution in [-0.2, 0) is 0 Å². The highest BCUT2D eigenvalue weighted by Gasteiger charge is 2.11. The van der Waals surface area contributed by atoms with E-state index >= 15 is 0 Å². The molecule has 0 fully saturated rings. The van der Waals surface area contributed by atoms with E-state index in [0.29, 0.717) is 11.5 Å². The number of aromatic nitrogens is 2. The molecule has 2 aromatic rings. The fourth-order valence-electron chi connectivity index (χ4n) is 1.40. The molecule has 0 saturated carbocycles. The maximum atomic E-state index is 13.6. The predicted octanol–water partition coefficient (Wildman–Crippen LogP) is 2.56. The van der Waals surface area contributed by atoms with Crippen molar-refractivity contribution in [3.63, 3.8) is 0 Å². The minimum Gasteiger partial charge on any atom is -0.382 e. The molecule has 0 amide bonds. The van der Waals surface area contributed by atoms with Gasteiger partial charge >= 0.3 is 0 Å². The van der Waals surface area contributed by atoms with Crippen molar-refractivity contribution in [1.82, 2.24) is 9.78 Å². The van der Waals surface area contributed by atoms with E-state index in [1.54, 1.807) is 25.1 Å². The van der Waals surface area contributed by atoms with Crippen molar-refractivity contribution in [2.45, 2.75) is 6.92 Å². The van der Waals surface area contributed by atoms with Gasteiger partial charge in [-0.3, -0.25) is 0 Å². The lowest BCUT2D eigenvalue weighted by molar-refractivity contribution is 0.609. The standard InChI is InChI=1S/C10H9ClFN3/c1-6-5-9(13)14-15(6)8-4-2-3-7(11)10(8)12/h2-5H,1H3,(H2,13,14). The molecule has 1 aromatic heterocycles.